The molecular weight excluding hydrogens is 138 g/mol. The normalized spacial score (nSPS) is 9.55. The van der Waals surface area contributed by atoms with Crippen LogP contribution in [0, 0.1) is 6.07 Å². The first-order valence-corrected chi connectivity index (χ1v) is 3.73. The maximum absolute atomic E-state index is 5.31. The van der Waals surface area contributed by atoms with Gasteiger partial charge in [-0.1, -0.05) is 18.2 Å². The quantitative estimate of drug-likeness (QED) is 0.655. The van der Waals surface area contributed by atoms with E-state index in [4.69, 9.17) is 10.5 Å². The fraction of sp³-hybridized carbons (Fsp3) is 0.333. The van der Waals surface area contributed by atoms with E-state index in [-0.39, 0.29) is 0 Å². The zero-order valence-electron chi connectivity index (χ0n) is 6.42. The van der Waals surface area contributed by atoms with Crippen molar-refractivity contribution in [2.45, 2.75) is 6.42 Å². The van der Waals surface area contributed by atoms with Crippen LogP contribution in [0.4, 0.5) is 0 Å². The van der Waals surface area contributed by atoms with Crippen molar-refractivity contribution in [1.29, 1.82) is 0 Å². The van der Waals surface area contributed by atoms with Gasteiger partial charge >= 0.3 is 0 Å². The molecule has 0 aromatic heterocycles. The van der Waals surface area contributed by atoms with Gasteiger partial charge in [-0.25, -0.2) is 0 Å². The SMILES string of the molecule is NCCCOc1[c]cccc1. The molecule has 0 aliphatic rings. The minimum atomic E-state index is 0.673. The average Bonchev–Trinajstić information content (AvgIpc) is 2.07. The number of benzene rings is 1. The van der Waals surface area contributed by atoms with E-state index >= 15 is 0 Å². The molecule has 0 fully saturated rings. The van der Waals surface area contributed by atoms with Gasteiger partial charge in [-0.3, -0.25) is 0 Å². The minimum absolute atomic E-state index is 0.673. The zero-order valence-corrected chi connectivity index (χ0v) is 6.42. The Morgan fingerprint density at radius 2 is 2.36 bits per heavy atom. The van der Waals surface area contributed by atoms with Crippen molar-refractivity contribution in [3.8, 4) is 5.75 Å². The summed E-state index contributed by atoms with van der Waals surface area (Å²) >= 11 is 0. The van der Waals surface area contributed by atoms with Gasteiger partial charge in [-0.05, 0) is 19.0 Å². The molecule has 0 saturated carbocycles. The molecule has 1 rings (SSSR count). The van der Waals surface area contributed by atoms with Gasteiger partial charge in [0.2, 0.25) is 0 Å². The number of rotatable bonds is 4. The second-order valence-corrected chi connectivity index (χ2v) is 2.22. The molecule has 0 saturated heterocycles. The molecule has 2 nitrogen and oxygen atoms in total. The van der Waals surface area contributed by atoms with Gasteiger partial charge in [0.15, 0.2) is 0 Å². The molecular formula is C9H12NO. The largest absolute Gasteiger partial charge is 0.493 e. The highest BCUT2D eigenvalue weighted by Crippen LogP contribution is 2.06. The Kier molecular flexibility index (Phi) is 3.48. The van der Waals surface area contributed by atoms with Crippen LogP contribution in [0.5, 0.6) is 5.75 Å². The van der Waals surface area contributed by atoms with E-state index < -0.39 is 0 Å². The molecule has 0 unspecified atom stereocenters. The molecule has 0 atom stereocenters. The molecule has 0 amide bonds. The van der Waals surface area contributed by atoms with Gasteiger partial charge in [-0.15, -0.1) is 0 Å². The van der Waals surface area contributed by atoms with Gasteiger partial charge < -0.3 is 10.5 Å². The fourth-order valence-corrected chi connectivity index (χ4v) is 0.732. The van der Waals surface area contributed by atoms with Crippen molar-refractivity contribution < 1.29 is 4.74 Å². The molecule has 1 radical (unpaired) electrons. The number of hydrogen-bond donors (Lipinski definition) is 1. The number of nitrogens with two attached hydrogens (primary N) is 1. The third-order valence-electron chi connectivity index (χ3n) is 1.29. The lowest BCUT2D eigenvalue weighted by Gasteiger charge is -2.02. The second-order valence-electron chi connectivity index (χ2n) is 2.22. The van der Waals surface area contributed by atoms with Crippen molar-refractivity contribution >= 4 is 0 Å². The summed E-state index contributed by atoms with van der Waals surface area (Å²) in [6.45, 7) is 1.35. The van der Waals surface area contributed by atoms with Crippen LogP contribution in [0.2, 0.25) is 0 Å². The van der Waals surface area contributed by atoms with Crippen molar-refractivity contribution in [1.82, 2.24) is 0 Å². The molecule has 1 aromatic carbocycles. The monoisotopic (exact) mass is 150 g/mol. The molecule has 1 aromatic rings. The predicted molar refractivity (Wildman–Crippen MR) is 44.4 cm³/mol. The van der Waals surface area contributed by atoms with Crippen LogP contribution in [-0.4, -0.2) is 13.2 Å². The van der Waals surface area contributed by atoms with E-state index in [9.17, 15) is 0 Å². The van der Waals surface area contributed by atoms with Gasteiger partial charge in [0, 0.05) is 6.07 Å². The summed E-state index contributed by atoms with van der Waals surface area (Å²) < 4.78 is 5.31. The van der Waals surface area contributed by atoms with Crippen LogP contribution in [0.1, 0.15) is 6.42 Å². The summed E-state index contributed by atoms with van der Waals surface area (Å²) in [5.74, 6) is 0.793. The molecule has 59 valence electrons. The van der Waals surface area contributed by atoms with Gasteiger partial charge in [-0.2, -0.15) is 0 Å². The van der Waals surface area contributed by atoms with Crippen LogP contribution in [0.25, 0.3) is 0 Å². The minimum Gasteiger partial charge on any atom is -0.493 e. The van der Waals surface area contributed by atoms with E-state index in [1.54, 1.807) is 0 Å². The second kappa shape index (κ2) is 4.74. The highest BCUT2D eigenvalue weighted by atomic mass is 16.5. The maximum atomic E-state index is 5.31. The Morgan fingerprint density at radius 1 is 1.45 bits per heavy atom. The van der Waals surface area contributed by atoms with Gasteiger partial charge in [0.25, 0.3) is 0 Å². The van der Waals surface area contributed by atoms with Crippen molar-refractivity contribution in [2.75, 3.05) is 13.2 Å². The van der Waals surface area contributed by atoms with E-state index in [0.29, 0.717) is 13.2 Å². The smallest absolute Gasteiger partial charge is 0.127 e. The van der Waals surface area contributed by atoms with E-state index in [2.05, 4.69) is 6.07 Å². The summed E-state index contributed by atoms with van der Waals surface area (Å²) in [6.07, 6.45) is 0.892. The molecule has 0 aliphatic heterocycles. The van der Waals surface area contributed by atoms with E-state index in [0.717, 1.165) is 12.2 Å². The first-order chi connectivity index (χ1) is 5.43. The topological polar surface area (TPSA) is 35.2 Å². The lowest BCUT2D eigenvalue weighted by atomic mass is 10.3. The van der Waals surface area contributed by atoms with Crippen LogP contribution >= 0.6 is 0 Å². The third-order valence-corrected chi connectivity index (χ3v) is 1.29. The zero-order chi connectivity index (χ0) is 7.94. The van der Waals surface area contributed by atoms with Crippen LogP contribution in [0.15, 0.2) is 24.3 Å². The van der Waals surface area contributed by atoms with Crippen molar-refractivity contribution in [3.05, 3.63) is 30.3 Å². The molecule has 11 heavy (non-hydrogen) atoms. The Morgan fingerprint density at radius 3 is 3.00 bits per heavy atom. The molecule has 0 spiro atoms. The third kappa shape index (κ3) is 3.05. The number of hydrogen-bond acceptors (Lipinski definition) is 2. The molecule has 0 heterocycles. The lowest BCUT2D eigenvalue weighted by Crippen LogP contribution is -2.05. The molecule has 0 aliphatic carbocycles. The van der Waals surface area contributed by atoms with Crippen LogP contribution < -0.4 is 10.5 Å². The Labute approximate surface area is 67.0 Å². The average molecular weight is 150 g/mol. The Hall–Kier alpha value is -1.02. The predicted octanol–water partition coefficient (Wildman–Crippen LogP) is 1.21. The molecule has 0 bridgehead atoms. The summed E-state index contributed by atoms with van der Waals surface area (Å²) in [7, 11) is 0. The first-order valence-electron chi connectivity index (χ1n) is 3.73. The highest BCUT2D eigenvalue weighted by molar-refractivity contribution is 5.19. The van der Waals surface area contributed by atoms with Crippen LogP contribution in [-0.2, 0) is 0 Å². The molecule has 2 N–H and O–H groups in total. The lowest BCUT2D eigenvalue weighted by molar-refractivity contribution is 0.313. The van der Waals surface area contributed by atoms with E-state index in [1.165, 1.54) is 0 Å². The number of para-hydroxylation sites is 1. The fourth-order valence-electron chi connectivity index (χ4n) is 0.732. The summed E-state index contributed by atoms with van der Waals surface area (Å²) in [6, 6.07) is 10.5. The van der Waals surface area contributed by atoms with Crippen LogP contribution in [0.3, 0.4) is 0 Å². The standard InChI is InChI=1S/C9H12NO/c10-7-4-8-11-9-5-2-1-3-6-9/h1-3,5H,4,7-8,10H2. The molecule has 2 heteroatoms. The summed E-state index contributed by atoms with van der Waals surface area (Å²) in [5, 5.41) is 0. The van der Waals surface area contributed by atoms with Gasteiger partial charge in [0.1, 0.15) is 5.75 Å². The van der Waals surface area contributed by atoms with E-state index in [1.807, 2.05) is 24.3 Å². The summed E-state index contributed by atoms with van der Waals surface area (Å²) in [5.41, 5.74) is 5.30. The summed E-state index contributed by atoms with van der Waals surface area (Å²) in [4.78, 5) is 0. The number of ether oxygens (including phenoxy) is 1. The first kappa shape index (κ1) is 8.08. The van der Waals surface area contributed by atoms with Crippen molar-refractivity contribution in [2.24, 2.45) is 5.73 Å². The Balaban J connectivity index is 2.28. The maximum Gasteiger partial charge on any atom is 0.127 e. The Bertz CT molecular complexity index is 186. The van der Waals surface area contributed by atoms with Crippen molar-refractivity contribution in [3.63, 3.8) is 0 Å². The van der Waals surface area contributed by atoms with Gasteiger partial charge in [0.05, 0.1) is 6.61 Å². The highest BCUT2D eigenvalue weighted by Gasteiger charge is 1.89.